The van der Waals surface area contributed by atoms with Crippen molar-refractivity contribution in [1.82, 2.24) is 9.29 Å². The molecule has 0 saturated carbocycles. The van der Waals surface area contributed by atoms with Crippen LogP contribution in [0.25, 0.3) is 17.3 Å². The smallest absolute Gasteiger partial charge is 0.243 e. The first-order valence-electron chi connectivity index (χ1n) is 10.2. The molecule has 4 rings (SSSR count). The molecule has 1 N–H and O–H groups in total. The molecule has 0 atom stereocenters. The van der Waals surface area contributed by atoms with Crippen molar-refractivity contribution < 1.29 is 8.42 Å². The lowest BCUT2D eigenvalue weighted by Gasteiger charge is -2.26. The Morgan fingerprint density at radius 3 is 2.65 bits per heavy atom. The molecule has 2 aromatic carbocycles. The van der Waals surface area contributed by atoms with E-state index in [0.29, 0.717) is 23.1 Å². The molecule has 3 aromatic rings. The predicted octanol–water partition coefficient (Wildman–Crippen LogP) is 5.10. The Balaban J connectivity index is 1.42. The lowest BCUT2D eigenvalue weighted by Crippen LogP contribution is -2.35. The minimum atomic E-state index is -3.47. The summed E-state index contributed by atoms with van der Waals surface area (Å²) in [7, 11) is -3.47. The Bertz CT molecular complexity index is 1170. The standard InChI is InChI=1S/C23H24N4O2S2/c28-31(29,27-15-5-2-6-16-27)21-13-7-12-20(17-21)22-18-30-23(25-22)26-24-14-8-11-19-9-3-1-4-10-19/h1,3-4,7-14,17-18H,2,5-6,15-16H2,(H,25,26)/b11-8+,24-14+. The average Bonchev–Trinajstić information content (AvgIpc) is 3.29. The van der Waals surface area contributed by atoms with Gasteiger partial charge in [-0.1, -0.05) is 55.0 Å². The van der Waals surface area contributed by atoms with Gasteiger partial charge < -0.3 is 0 Å². The summed E-state index contributed by atoms with van der Waals surface area (Å²) in [6.07, 6.45) is 8.41. The molecule has 0 amide bonds. The van der Waals surface area contributed by atoms with Gasteiger partial charge in [-0.15, -0.1) is 11.3 Å². The Morgan fingerprint density at radius 2 is 1.84 bits per heavy atom. The van der Waals surface area contributed by atoms with Crippen molar-refractivity contribution in [2.45, 2.75) is 24.2 Å². The van der Waals surface area contributed by atoms with Crippen molar-refractivity contribution in [3.8, 4) is 11.3 Å². The molecule has 160 valence electrons. The SMILES string of the molecule is O=S(=O)(c1cccc(-c2csc(N/N=C/C=C/c3ccccc3)n2)c1)N1CCCCC1. The highest BCUT2D eigenvalue weighted by Gasteiger charge is 2.26. The zero-order valence-electron chi connectivity index (χ0n) is 17.0. The monoisotopic (exact) mass is 452 g/mol. The number of nitrogens with zero attached hydrogens (tertiary/aromatic N) is 3. The Labute approximate surface area is 187 Å². The van der Waals surface area contributed by atoms with Crippen molar-refractivity contribution >= 4 is 38.8 Å². The third-order valence-corrected chi connectivity index (χ3v) is 7.64. The van der Waals surface area contributed by atoms with Gasteiger partial charge in [-0.05, 0) is 36.6 Å². The molecule has 0 bridgehead atoms. The van der Waals surface area contributed by atoms with E-state index in [4.69, 9.17) is 0 Å². The van der Waals surface area contributed by atoms with Crippen LogP contribution in [0, 0.1) is 0 Å². The summed E-state index contributed by atoms with van der Waals surface area (Å²) in [5.74, 6) is 0. The summed E-state index contributed by atoms with van der Waals surface area (Å²) in [6.45, 7) is 1.18. The van der Waals surface area contributed by atoms with Crippen LogP contribution >= 0.6 is 11.3 Å². The highest BCUT2D eigenvalue weighted by atomic mass is 32.2. The van der Waals surface area contributed by atoms with Gasteiger partial charge in [-0.25, -0.2) is 13.4 Å². The number of rotatable bonds is 7. The van der Waals surface area contributed by atoms with Gasteiger partial charge in [0.2, 0.25) is 15.2 Å². The molecule has 1 aliphatic heterocycles. The molecule has 1 aromatic heterocycles. The first-order chi connectivity index (χ1) is 15.1. The first-order valence-corrected chi connectivity index (χ1v) is 12.5. The summed E-state index contributed by atoms with van der Waals surface area (Å²) in [4.78, 5) is 4.85. The lowest BCUT2D eigenvalue weighted by molar-refractivity contribution is 0.346. The summed E-state index contributed by atoms with van der Waals surface area (Å²) < 4.78 is 27.5. The van der Waals surface area contributed by atoms with Crippen LogP contribution in [0.4, 0.5) is 5.13 Å². The molecular formula is C23H24N4O2S2. The van der Waals surface area contributed by atoms with E-state index < -0.39 is 10.0 Å². The second-order valence-corrected chi connectivity index (χ2v) is 9.99. The number of hydrogen-bond donors (Lipinski definition) is 1. The summed E-state index contributed by atoms with van der Waals surface area (Å²) in [5.41, 5.74) is 5.51. The van der Waals surface area contributed by atoms with Gasteiger partial charge in [-0.3, -0.25) is 5.43 Å². The van der Waals surface area contributed by atoms with Gasteiger partial charge in [0, 0.05) is 30.2 Å². The van der Waals surface area contributed by atoms with E-state index in [1.807, 2.05) is 53.9 Å². The topological polar surface area (TPSA) is 74.7 Å². The fourth-order valence-electron chi connectivity index (χ4n) is 3.38. The Kier molecular flexibility index (Phi) is 6.91. The van der Waals surface area contributed by atoms with Crippen LogP contribution in [0.3, 0.4) is 0 Å². The maximum absolute atomic E-state index is 13.0. The highest BCUT2D eigenvalue weighted by Crippen LogP contribution is 2.28. The van der Waals surface area contributed by atoms with Crippen molar-refractivity contribution in [2.75, 3.05) is 18.5 Å². The number of thiazole rings is 1. The van der Waals surface area contributed by atoms with Gasteiger partial charge in [0.05, 0.1) is 10.6 Å². The number of anilines is 1. The van der Waals surface area contributed by atoms with E-state index in [9.17, 15) is 8.42 Å². The number of hydrogen-bond acceptors (Lipinski definition) is 6. The number of piperidine rings is 1. The fraction of sp³-hybridized carbons (Fsp3) is 0.217. The molecular weight excluding hydrogens is 428 g/mol. The molecule has 8 heteroatoms. The molecule has 1 fully saturated rings. The van der Waals surface area contributed by atoms with Crippen molar-refractivity contribution in [3.63, 3.8) is 0 Å². The fourth-order valence-corrected chi connectivity index (χ4v) is 5.61. The Hall–Kier alpha value is -2.81. The van der Waals surface area contributed by atoms with E-state index in [1.165, 1.54) is 11.3 Å². The van der Waals surface area contributed by atoms with E-state index in [-0.39, 0.29) is 0 Å². The average molecular weight is 453 g/mol. The third-order valence-electron chi connectivity index (χ3n) is 5.00. The van der Waals surface area contributed by atoms with Gasteiger partial charge in [-0.2, -0.15) is 9.41 Å². The van der Waals surface area contributed by atoms with E-state index in [1.54, 1.807) is 28.7 Å². The zero-order chi connectivity index (χ0) is 21.5. The van der Waals surface area contributed by atoms with Crippen LogP contribution in [0.1, 0.15) is 24.8 Å². The predicted molar refractivity (Wildman–Crippen MR) is 128 cm³/mol. The van der Waals surface area contributed by atoms with E-state index >= 15 is 0 Å². The second-order valence-electron chi connectivity index (χ2n) is 7.19. The molecule has 6 nitrogen and oxygen atoms in total. The molecule has 0 radical (unpaired) electrons. The molecule has 31 heavy (non-hydrogen) atoms. The minimum Gasteiger partial charge on any atom is -0.253 e. The van der Waals surface area contributed by atoms with E-state index in [2.05, 4.69) is 15.5 Å². The van der Waals surface area contributed by atoms with Crippen LogP contribution in [0.2, 0.25) is 0 Å². The van der Waals surface area contributed by atoms with Gasteiger partial charge in [0.25, 0.3) is 0 Å². The van der Waals surface area contributed by atoms with Gasteiger partial charge in [0.15, 0.2) is 0 Å². The maximum Gasteiger partial charge on any atom is 0.243 e. The lowest BCUT2D eigenvalue weighted by atomic mass is 10.2. The van der Waals surface area contributed by atoms with Crippen LogP contribution in [-0.2, 0) is 10.0 Å². The van der Waals surface area contributed by atoms with Crippen molar-refractivity contribution in [1.29, 1.82) is 0 Å². The highest BCUT2D eigenvalue weighted by molar-refractivity contribution is 7.89. The van der Waals surface area contributed by atoms with Crippen LogP contribution in [0.15, 0.2) is 76.1 Å². The minimum absolute atomic E-state index is 0.318. The largest absolute Gasteiger partial charge is 0.253 e. The zero-order valence-corrected chi connectivity index (χ0v) is 18.6. The Morgan fingerprint density at radius 1 is 1.03 bits per heavy atom. The van der Waals surface area contributed by atoms with Crippen molar-refractivity contribution in [3.05, 3.63) is 71.6 Å². The number of aromatic nitrogens is 1. The summed E-state index contributed by atoms with van der Waals surface area (Å²) >= 11 is 1.42. The van der Waals surface area contributed by atoms with E-state index in [0.717, 1.165) is 36.1 Å². The number of allylic oxidation sites excluding steroid dienone is 1. The van der Waals surface area contributed by atoms with Gasteiger partial charge >= 0.3 is 0 Å². The second kappa shape index (κ2) is 10.00. The molecule has 1 saturated heterocycles. The van der Waals surface area contributed by atoms with Gasteiger partial charge in [0.1, 0.15) is 0 Å². The summed E-state index contributed by atoms with van der Waals surface area (Å²) in [6, 6.07) is 17.0. The molecule has 0 unspecified atom stereocenters. The number of sulfonamides is 1. The maximum atomic E-state index is 13.0. The summed E-state index contributed by atoms with van der Waals surface area (Å²) in [5, 5.41) is 6.70. The molecule has 0 spiro atoms. The third kappa shape index (κ3) is 5.46. The number of hydrazone groups is 1. The van der Waals surface area contributed by atoms with Crippen molar-refractivity contribution in [2.24, 2.45) is 5.10 Å². The normalized spacial score (nSPS) is 15.6. The quantitative estimate of drug-likeness (QED) is 0.400. The first kappa shape index (κ1) is 21.4. The van der Waals surface area contributed by atoms with Crippen LogP contribution < -0.4 is 5.43 Å². The molecule has 0 aliphatic carbocycles. The molecule has 1 aliphatic rings. The number of benzene rings is 2. The number of nitrogens with one attached hydrogen (secondary N) is 1. The van der Waals surface area contributed by atoms with Crippen LogP contribution in [-0.4, -0.2) is 37.0 Å². The molecule has 2 heterocycles. The van der Waals surface area contributed by atoms with Crippen LogP contribution in [0.5, 0.6) is 0 Å².